The largest absolute Gasteiger partial charge is 0.489 e. The molecule has 0 radical (unpaired) electrons. The minimum atomic E-state index is -0.575. The molecule has 0 unspecified atom stereocenters. The number of nitrogens with one attached hydrogen (secondary N) is 2. The Labute approximate surface area is 303 Å². The number of rotatable bonds is 18. The molecule has 0 spiro atoms. The molecule has 0 saturated heterocycles. The van der Waals surface area contributed by atoms with Crippen LogP contribution in [0.3, 0.4) is 0 Å². The summed E-state index contributed by atoms with van der Waals surface area (Å²) in [6.45, 7) is 5.19. The molecule has 0 aliphatic heterocycles. The number of hydrogen-bond donors (Lipinski definition) is 2. The van der Waals surface area contributed by atoms with E-state index in [0.717, 1.165) is 44.7 Å². The van der Waals surface area contributed by atoms with Crippen molar-refractivity contribution in [1.29, 1.82) is 0 Å². The van der Waals surface area contributed by atoms with Crippen LogP contribution in [0, 0.1) is 0 Å². The van der Waals surface area contributed by atoms with Gasteiger partial charge in [0.2, 0.25) is 0 Å². The highest BCUT2D eigenvalue weighted by atomic mass is 16.5. The van der Waals surface area contributed by atoms with Crippen molar-refractivity contribution in [3.05, 3.63) is 155 Å². The van der Waals surface area contributed by atoms with Crippen molar-refractivity contribution >= 4 is 11.8 Å². The minimum Gasteiger partial charge on any atom is -0.489 e. The third kappa shape index (κ3) is 11.4. The van der Waals surface area contributed by atoms with Gasteiger partial charge >= 0.3 is 5.97 Å². The summed E-state index contributed by atoms with van der Waals surface area (Å²) in [5.41, 5.74) is 6.77. The molecule has 0 aliphatic carbocycles. The molecule has 5 aromatic carbocycles. The van der Waals surface area contributed by atoms with E-state index in [9.17, 15) is 9.59 Å². The fourth-order valence-corrected chi connectivity index (χ4v) is 5.79. The van der Waals surface area contributed by atoms with Crippen molar-refractivity contribution < 1.29 is 23.8 Å². The first-order chi connectivity index (χ1) is 24.4. The Bertz CT molecular complexity index is 1810. The molecule has 2 atom stereocenters. The molecule has 51 heavy (non-hydrogen) atoms. The van der Waals surface area contributed by atoms with E-state index in [4.69, 9.17) is 14.2 Å². The highest BCUT2D eigenvalue weighted by Crippen LogP contribution is 2.33. The van der Waals surface area contributed by atoms with Crippen LogP contribution in [-0.4, -0.2) is 37.4 Å². The van der Waals surface area contributed by atoms with Gasteiger partial charge < -0.3 is 24.8 Å². The average molecular weight is 687 g/mol. The van der Waals surface area contributed by atoms with Gasteiger partial charge in [-0.15, -0.1) is 0 Å². The number of esters is 1. The lowest BCUT2D eigenvalue weighted by Gasteiger charge is -2.21. The van der Waals surface area contributed by atoms with E-state index in [1.54, 1.807) is 14.0 Å². The summed E-state index contributed by atoms with van der Waals surface area (Å²) in [6, 6.07) is 41.0. The summed E-state index contributed by atoms with van der Waals surface area (Å²) in [5, 5.41) is 6.47. The number of benzene rings is 5. The second kappa shape index (κ2) is 19.8. The second-order valence-corrected chi connectivity index (χ2v) is 12.3. The Morgan fingerprint density at radius 2 is 1.04 bits per heavy atom. The number of likely N-dealkylation sites (N-methyl/N-ethyl adjacent to an activating group) is 2. The van der Waals surface area contributed by atoms with Gasteiger partial charge in [-0.3, -0.25) is 9.59 Å². The SMILES string of the molecule is C.CCN[C@@H](Cc1cc(-c2ccc(OCc3ccccc3)c(C[C@H](NC)C(C)=O)c2)ccc1OCc1ccccc1)C(=O)OCc1ccccc1. The summed E-state index contributed by atoms with van der Waals surface area (Å²) in [4.78, 5) is 25.9. The number of ether oxygens (including phenoxy) is 3. The predicted octanol–water partition coefficient (Wildman–Crippen LogP) is 8.13. The van der Waals surface area contributed by atoms with Gasteiger partial charge in [-0.05, 0) is 90.1 Å². The van der Waals surface area contributed by atoms with Crippen molar-refractivity contribution in [2.75, 3.05) is 13.6 Å². The zero-order valence-corrected chi connectivity index (χ0v) is 29.1. The van der Waals surface area contributed by atoms with Crippen molar-refractivity contribution in [1.82, 2.24) is 10.6 Å². The number of carbonyl (C=O) groups excluding carboxylic acids is 2. The summed E-state index contributed by atoms with van der Waals surface area (Å²) in [5.74, 6) is 1.17. The number of carbonyl (C=O) groups is 2. The quantitative estimate of drug-likeness (QED) is 0.0901. The standard InChI is InChI=1S/C43H46N2O5.CH4/c1-4-45-40(43(47)50-30-34-18-12-7-13-19-34)27-38-25-36(21-23-42(38)49-29-33-16-10-6-11-17-33)35-20-22-41(48-28-32-14-8-5-9-15-32)37(24-35)26-39(44-3)31(2)46;/h5-25,39-40,44-45H,4,26-30H2,1-3H3;1H4/t39-,40-;/m0./s1. The lowest BCUT2D eigenvalue weighted by molar-refractivity contribution is -0.147. The maximum atomic E-state index is 13.4. The van der Waals surface area contributed by atoms with Crippen LogP contribution >= 0.6 is 0 Å². The predicted molar refractivity (Wildman–Crippen MR) is 205 cm³/mol. The topological polar surface area (TPSA) is 85.9 Å². The molecular formula is C44H50N2O5. The van der Waals surface area contributed by atoms with Gasteiger partial charge in [0.25, 0.3) is 0 Å². The smallest absolute Gasteiger partial charge is 0.323 e. The number of ketones is 1. The van der Waals surface area contributed by atoms with Gasteiger partial charge in [-0.25, -0.2) is 0 Å². The monoisotopic (exact) mass is 686 g/mol. The molecule has 266 valence electrons. The van der Waals surface area contributed by atoms with Crippen LogP contribution in [0.4, 0.5) is 0 Å². The first kappa shape index (κ1) is 38.6. The van der Waals surface area contributed by atoms with E-state index in [0.29, 0.717) is 38.3 Å². The Balaban J connectivity index is 0.00000583. The van der Waals surface area contributed by atoms with E-state index in [2.05, 4.69) is 22.8 Å². The fourth-order valence-electron chi connectivity index (χ4n) is 5.79. The van der Waals surface area contributed by atoms with Crippen LogP contribution < -0.4 is 20.1 Å². The van der Waals surface area contributed by atoms with Gasteiger partial charge in [0.1, 0.15) is 43.1 Å². The summed E-state index contributed by atoms with van der Waals surface area (Å²) >= 11 is 0. The molecule has 2 N–H and O–H groups in total. The molecular weight excluding hydrogens is 636 g/mol. The lowest BCUT2D eigenvalue weighted by atomic mass is 9.94. The summed E-state index contributed by atoms with van der Waals surface area (Å²) < 4.78 is 18.4. The van der Waals surface area contributed by atoms with Gasteiger partial charge in [0.05, 0.1) is 6.04 Å². The van der Waals surface area contributed by atoms with E-state index in [-0.39, 0.29) is 31.8 Å². The zero-order chi connectivity index (χ0) is 35.1. The zero-order valence-electron chi connectivity index (χ0n) is 29.1. The molecule has 0 fully saturated rings. The van der Waals surface area contributed by atoms with E-state index in [1.165, 1.54) is 0 Å². The van der Waals surface area contributed by atoms with E-state index in [1.807, 2.05) is 122 Å². The number of hydrogen-bond acceptors (Lipinski definition) is 7. The Morgan fingerprint density at radius 1 is 0.608 bits per heavy atom. The van der Waals surface area contributed by atoms with Crippen molar-refractivity contribution in [2.24, 2.45) is 0 Å². The normalized spacial score (nSPS) is 11.9. The molecule has 7 nitrogen and oxygen atoms in total. The van der Waals surface area contributed by atoms with E-state index < -0.39 is 6.04 Å². The van der Waals surface area contributed by atoms with Crippen LogP contribution in [0.25, 0.3) is 11.1 Å². The van der Waals surface area contributed by atoms with Gasteiger partial charge in [-0.2, -0.15) is 0 Å². The Kier molecular flexibility index (Phi) is 15.0. The van der Waals surface area contributed by atoms with Crippen LogP contribution in [0.5, 0.6) is 11.5 Å². The first-order valence-corrected chi connectivity index (χ1v) is 17.1. The molecule has 0 saturated carbocycles. The lowest BCUT2D eigenvalue weighted by Crippen LogP contribution is -2.39. The maximum Gasteiger partial charge on any atom is 0.323 e. The molecule has 0 amide bonds. The fraction of sp³-hybridized carbons (Fsp3) is 0.273. The first-order valence-electron chi connectivity index (χ1n) is 17.1. The van der Waals surface area contributed by atoms with Gasteiger partial charge in [0, 0.05) is 6.42 Å². The van der Waals surface area contributed by atoms with Crippen molar-refractivity contribution in [2.45, 2.75) is 66.0 Å². The van der Waals surface area contributed by atoms with Crippen molar-refractivity contribution in [3.8, 4) is 22.6 Å². The van der Waals surface area contributed by atoms with E-state index >= 15 is 0 Å². The van der Waals surface area contributed by atoms with Crippen LogP contribution in [-0.2, 0) is 47.0 Å². The Hall–Kier alpha value is -5.24. The minimum absolute atomic E-state index is 0. The highest BCUT2D eigenvalue weighted by molar-refractivity contribution is 5.82. The Morgan fingerprint density at radius 3 is 1.45 bits per heavy atom. The summed E-state index contributed by atoms with van der Waals surface area (Å²) in [7, 11) is 1.80. The summed E-state index contributed by atoms with van der Waals surface area (Å²) in [6.07, 6.45) is 0.849. The van der Waals surface area contributed by atoms with Crippen LogP contribution in [0.2, 0.25) is 0 Å². The van der Waals surface area contributed by atoms with Gasteiger partial charge in [0.15, 0.2) is 0 Å². The molecule has 7 heteroatoms. The van der Waals surface area contributed by atoms with Crippen LogP contribution in [0.1, 0.15) is 49.1 Å². The molecule has 5 aromatic rings. The molecule has 0 bridgehead atoms. The van der Waals surface area contributed by atoms with Crippen LogP contribution in [0.15, 0.2) is 127 Å². The molecule has 0 aliphatic rings. The molecule has 0 heterocycles. The molecule has 5 rings (SSSR count). The third-order valence-corrected chi connectivity index (χ3v) is 8.57. The highest BCUT2D eigenvalue weighted by Gasteiger charge is 2.23. The maximum absolute atomic E-state index is 13.4. The average Bonchev–Trinajstić information content (AvgIpc) is 3.15. The van der Waals surface area contributed by atoms with Crippen molar-refractivity contribution in [3.63, 3.8) is 0 Å². The third-order valence-electron chi connectivity index (χ3n) is 8.57. The second-order valence-electron chi connectivity index (χ2n) is 12.3. The molecule has 0 aromatic heterocycles. The number of Topliss-reactive ketones (excluding diaryl/α,β-unsaturated/α-hetero) is 1. The van der Waals surface area contributed by atoms with Gasteiger partial charge in [-0.1, -0.05) is 117 Å².